The van der Waals surface area contributed by atoms with Gasteiger partial charge in [0.1, 0.15) is 15.7 Å². The Hall–Kier alpha value is -1.51. The summed E-state index contributed by atoms with van der Waals surface area (Å²) in [7, 11) is -3.71. The number of hydrogen-bond donors (Lipinski definition) is 2. The third-order valence-electron chi connectivity index (χ3n) is 2.76. The first-order chi connectivity index (χ1) is 9.87. The average Bonchev–Trinajstić information content (AvgIpc) is 2.93. The summed E-state index contributed by atoms with van der Waals surface area (Å²) in [6, 6.07) is 3.14. The van der Waals surface area contributed by atoms with Gasteiger partial charge in [0.05, 0.1) is 5.54 Å². The molecule has 0 saturated heterocycles. The highest BCUT2D eigenvalue weighted by molar-refractivity contribution is 7.89. The molecular weight excluding hydrogens is 308 g/mol. The predicted molar refractivity (Wildman–Crippen MR) is 83.9 cm³/mol. The van der Waals surface area contributed by atoms with Crippen molar-refractivity contribution in [3.05, 3.63) is 34.9 Å². The number of aromatic nitrogens is 2. The van der Waals surface area contributed by atoms with Gasteiger partial charge in [-0.25, -0.2) is 18.4 Å². The molecule has 0 unspecified atom stereocenters. The highest BCUT2D eigenvalue weighted by atomic mass is 32.2. The quantitative estimate of drug-likeness (QED) is 0.850. The lowest BCUT2D eigenvalue weighted by molar-refractivity contribution is 0.470. The molecular formula is C13H18N4O2S2. The molecule has 0 aliphatic rings. The van der Waals surface area contributed by atoms with Crippen LogP contribution in [0.2, 0.25) is 0 Å². The SMILES string of the molecule is CCNc1ncccc1S(=O)(=O)NC(C)(C)c1nccs1. The van der Waals surface area contributed by atoms with Crippen LogP contribution in [0, 0.1) is 0 Å². The van der Waals surface area contributed by atoms with E-state index >= 15 is 0 Å². The van der Waals surface area contributed by atoms with E-state index in [0.29, 0.717) is 17.4 Å². The summed E-state index contributed by atoms with van der Waals surface area (Å²) in [4.78, 5) is 8.40. The number of hydrogen-bond acceptors (Lipinski definition) is 6. The number of thiazole rings is 1. The lowest BCUT2D eigenvalue weighted by atomic mass is 10.1. The van der Waals surface area contributed by atoms with Gasteiger partial charge >= 0.3 is 0 Å². The molecule has 0 amide bonds. The molecule has 8 heteroatoms. The number of nitrogens with one attached hydrogen (secondary N) is 2. The summed E-state index contributed by atoms with van der Waals surface area (Å²) < 4.78 is 27.9. The lowest BCUT2D eigenvalue weighted by Gasteiger charge is -2.24. The minimum absolute atomic E-state index is 0.136. The van der Waals surface area contributed by atoms with Crippen LogP contribution in [-0.4, -0.2) is 24.9 Å². The zero-order valence-electron chi connectivity index (χ0n) is 12.1. The van der Waals surface area contributed by atoms with Gasteiger partial charge in [-0.1, -0.05) is 0 Å². The van der Waals surface area contributed by atoms with Crippen LogP contribution in [0.3, 0.4) is 0 Å². The summed E-state index contributed by atoms with van der Waals surface area (Å²) in [5, 5.41) is 5.49. The maximum Gasteiger partial charge on any atom is 0.245 e. The predicted octanol–water partition coefficient (Wildman–Crippen LogP) is 2.18. The second-order valence-corrected chi connectivity index (χ2v) is 7.49. The Morgan fingerprint density at radius 3 is 2.67 bits per heavy atom. The van der Waals surface area contributed by atoms with Gasteiger partial charge in [0.2, 0.25) is 10.0 Å². The molecule has 21 heavy (non-hydrogen) atoms. The Bertz CT molecular complexity index is 697. The fourth-order valence-corrected chi connectivity index (χ4v) is 4.17. The van der Waals surface area contributed by atoms with Gasteiger partial charge in [-0.2, -0.15) is 4.72 Å². The topological polar surface area (TPSA) is 84.0 Å². The van der Waals surface area contributed by atoms with Crippen LogP contribution < -0.4 is 10.0 Å². The molecule has 0 saturated carbocycles. The molecule has 114 valence electrons. The van der Waals surface area contributed by atoms with Crippen molar-refractivity contribution in [3.63, 3.8) is 0 Å². The number of pyridine rings is 1. The molecule has 2 rings (SSSR count). The van der Waals surface area contributed by atoms with Crippen molar-refractivity contribution >= 4 is 27.2 Å². The van der Waals surface area contributed by atoms with Crippen LogP contribution in [0.4, 0.5) is 5.82 Å². The maximum atomic E-state index is 12.6. The summed E-state index contributed by atoms with van der Waals surface area (Å²) in [6.45, 7) is 6.05. The molecule has 0 radical (unpaired) electrons. The Kier molecular flexibility index (Phi) is 4.60. The second-order valence-electron chi connectivity index (χ2n) is 4.95. The summed E-state index contributed by atoms with van der Waals surface area (Å²) in [5.74, 6) is 0.349. The highest BCUT2D eigenvalue weighted by Crippen LogP contribution is 2.26. The van der Waals surface area contributed by atoms with E-state index in [4.69, 9.17) is 0 Å². The normalized spacial score (nSPS) is 12.3. The largest absolute Gasteiger partial charge is 0.369 e. The fraction of sp³-hybridized carbons (Fsp3) is 0.385. The Morgan fingerprint density at radius 2 is 2.05 bits per heavy atom. The Morgan fingerprint density at radius 1 is 1.29 bits per heavy atom. The lowest BCUT2D eigenvalue weighted by Crippen LogP contribution is -2.41. The van der Waals surface area contributed by atoms with E-state index in [9.17, 15) is 8.42 Å². The standard InChI is InChI=1S/C13H18N4O2S2/c1-4-14-11-10(6-5-7-15-11)21(18,19)17-13(2,3)12-16-8-9-20-12/h5-9,17H,4H2,1-3H3,(H,14,15). The molecule has 0 atom stereocenters. The zero-order valence-corrected chi connectivity index (χ0v) is 13.8. The van der Waals surface area contributed by atoms with E-state index in [0.717, 1.165) is 0 Å². The number of rotatable bonds is 6. The summed E-state index contributed by atoms with van der Waals surface area (Å²) >= 11 is 1.41. The van der Waals surface area contributed by atoms with Crippen molar-refractivity contribution < 1.29 is 8.42 Å². The highest BCUT2D eigenvalue weighted by Gasteiger charge is 2.31. The molecule has 0 bridgehead atoms. The van der Waals surface area contributed by atoms with E-state index in [2.05, 4.69) is 20.0 Å². The molecule has 0 aliphatic carbocycles. The second kappa shape index (κ2) is 6.08. The molecule has 0 aliphatic heterocycles. The van der Waals surface area contributed by atoms with Crippen LogP contribution >= 0.6 is 11.3 Å². The van der Waals surface area contributed by atoms with Crippen molar-refractivity contribution in [2.24, 2.45) is 0 Å². The van der Waals surface area contributed by atoms with Gasteiger partial charge in [0.15, 0.2) is 0 Å². The fourth-order valence-electron chi connectivity index (χ4n) is 1.87. The molecule has 0 fully saturated rings. The number of sulfonamides is 1. The molecule has 6 nitrogen and oxygen atoms in total. The van der Waals surface area contributed by atoms with Crippen molar-refractivity contribution in [2.75, 3.05) is 11.9 Å². The molecule has 2 aromatic heterocycles. The average molecular weight is 326 g/mol. The molecule has 2 heterocycles. The summed E-state index contributed by atoms with van der Waals surface area (Å²) in [5.41, 5.74) is -0.785. The molecule has 0 aromatic carbocycles. The number of nitrogens with zero attached hydrogens (tertiary/aromatic N) is 2. The first-order valence-corrected chi connectivity index (χ1v) is 8.86. The van der Waals surface area contributed by atoms with Crippen molar-refractivity contribution in [2.45, 2.75) is 31.2 Å². The van der Waals surface area contributed by atoms with Crippen molar-refractivity contribution in [3.8, 4) is 0 Å². The van der Waals surface area contributed by atoms with Gasteiger partial charge in [0, 0.05) is 24.3 Å². The minimum atomic E-state index is -3.71. The van der Waals surface area contributed by atoms with Crippen LogP contribution in [0.1, 0.15) is 25.8 Å². The smallest absolute Gasteiger partial charge is 0.245 e. The first-order valence-electron chi connectivity index (χ1n) is 6.49. The molecule has 2 N–H and O–H groups in total. The Labute approximate surface area is 128 Å². The van der Waals surface area contributed by atoms with Gasteiger partial charge in [-0.15, -0.1) is 11.3 Å². The van der Waals surface area contributed by atoms with Gasteiger partial charge in [0.25, 0.3) is 0 Å². The van der Waals surface area contributed by atoms with E-state index in [1.165, 1.54) is 17.4 Å². The van der Waals surface area contributed by atoms with Crippen LogP contribution in [0.15, 0.2) is 34.8 Å². The third kappa shape index (κ3) is 3.58. The van der Waals surface area contributed by atoms with Crippen LogP contribution in [0.5, 0.6) is 0 Å². The van der Waals surface area contributed by atoms with E-state index in [1.807, 2.05) is 12.3 Å². The van der Waals surface area contributed by atoms with Gasteiger partial charge in [-0.3, -0.25) is 0 Å². The molecule has 2 aromatic rings. The van der Waals surface area contributed by atoms with Crippen LogP contribution in [0.25, 0.3) is 0 Å². The zero-order chi connectivity index (χ0) is 15.5. The monoisotopic (exact) mass is 326 g/mol. The summed E-state index contributed by atoms with van der Waals surface area (Å²) in [6.07, 6.45) is 3.22. The van der Waals surface area contributed by atoms with Crippen molar-refractivity contribution in [1.29, 1.82) is 0 Å². The Balaban J connectivity index is 2.35. The van der Waals surface area contributed by atoms with E-state index in [1.54, 1.807) is 32.3 Å². The van der Waals surface area contributed by atoms with E-state index in [-0.39, 0.29) is 4.90 Å². The maximum absolute atomic E-state index is 12.6. The number of anilines is 1. The first kappa shape index (κ1) is 15.9. The van der Waals surface area contributed by atoms with Crippen molar-refractivity contribution in [1.82, 2.24) is 14.7 Å². The van der Waals surface area contributed by atoms with Gasteiger partial charge < -0.3 is 5.32 Å². The molecule has 0 spiro atoms. The third-order valence-corrected chi connectivity index (χ3v) is 5.55. The minimum Gasteiger partial charge on any atom is -0.369 e. The van der Waals surface area contributed by atoms with Gasteiger partial charge in [-0.05, 0) is 32.9 Å². The van der Waals surface area contributed by atoms with Crippen LogP contribution in [-0.2, 0) is 15.6 Å². The van der Waals surface area contributed by atoms with E-state index < -0.39 is 15.6 Å².